The van der Waals surface area contributed by atoms with Crippen LogP contribution in [0, 0.1) is 18.8 Å². The molecule has 1 aromatic rings. The van der Waals surface area contributed by atoms with E-state index in [9.17, 15) is 0 Å². The third-order valence-corrected chi connectivity index (χ3v) is 3.36. The minimum Gasteiger partial charge on any atom is -0.380 e. The van der Waals surface area contributed by atoms with E-state index in [0.29, 0.717) is 5.92 Å². The lowest BCUT2D eigenvalue weighted by atomic mass is 9.97. The van der Waals surface area contributed by atoms with Gasteiger partial charge in [-0.2, -0.15) is 5.10 Å². The van der Waals surface area contributed by atoms with Crippen molar-refractivity contribution >= 4 is 11.5 Å². The maximum absolute atomic E-state index is 4.53. The van der Waals surface area contributed by atoms with E-state index in [1.54, 1.807) is 0 Å². The first-order chi connectivity index (χ1) is 8.11. The van der Waals surface area contributed by atoms with Crippen LogP contribution in [0.5, 0.6) is 0 Å². The van der Waals surface area contributed by atoms with Gasteiger partial charge in [0, 0.05) is 19.6 Å². The van der Waals surface area contributed by atoms with Crippen molar-refractivity contribution < 1.29 is 0 Å². The van der Waals surface area contributed by atoms with Crippen LogP contribution >= 0.6 is 0 Å². The summed E-state index contributed by atoms with van der Waals surface area (Å²) in [6, 6.07) is 0. The van der Waals surface area contributed by atoms with E-state index in [2.05, 4.69) is 48.1 Å². The fraction of sp³-hybridized carbons (Fsp3) is 0.769. The zero-order valence-electron chi connectivity index (χ0n) is 11.4. The number of nitrogens with one attached hydrogen (secondary N) is 2. The molecule has 0 aromatic carbocycles. The van der Waals surface area contributed by atoms with Gasteiger partial charge < -0.3 is 10.6 Å². The lowest BCUT2D eigenvalue weighted by molar-refractivity contribution is 0.443. The first kappa shape index (κ1) is 12.3. The SMILES string of the molecule is CCn1nc(C)c2c1NCC(CC(C)C)CN2. The highest BCUT2D eigenvalue weighted by Gasteiger charge is 2.21. The Hall–Kier alpha value is -1.19. The van der Waals surface area contributed by atoms with Crippen molar-refractivity contribution in [3.8, 4) is 0 Å². The summed E-state index contributed by atoms with van der Waals surface area (Å²) in [7, 11) is 0. The van der Waals surface area contributed by atoms with E-state index in [0.717, 1.165) is 37.1 Å². The van der Waals surface area contributed by atoms with E-state index in [-0.39, 0.29) is 0 Å². The third kappa shape index (κ3) is 2.56. The Morgan fingerprint density at radius 2 is 2.06 bits per heavy atom. The van der Waals surface area contributed by atoms with Crippen molar-refractivity contribution in [2.24, 2.45) is 11.8 Å². The van der Waals surface area contributed by atoms with Gasteiger partial charge in [-0.05, 0) is 32.1 Å². The number of nitrogens with zero attached hydrogens (tertiary/aromatic N) is 2. The summed E-state index contributed by atoms with van der Waals surface area (Å²) in [5.41, 5.74) is 2.29. The van der Waals surface area contributed by atoms with E-state index in [4.69, 9.17) is 0 Å². The monoisotopic (exact) mass is 236 g/mol. The van der Waals surface area contributed by atoms with Crippen LogP contribution in [0.25, 0.3) is 0 Å². The molecule has 0 radical (unpaired) electrons. The average Bonchev–Trinajstić information content (AvgIpc) is 2.45. The topological polar surface area (TPSA) is 41.9 Å². The van der Waals surface area contributed by atoms with Crippen molar-refractivity contribution in [3.05, 3.63) is 5.69 Å². The Kier molecular flexibility index (Phi) is 3.60. The number of aromatic nitrogens is 2. The number of rotatable bonds is 3. The van der Waals surface area contributed by atoms with Gasteiger partial charge in [0.25, 0.3) is 0 Å². The highest BCUT2D eigenvalue weighted by atomic mass is 15.3. The number of hydrogen-bond acceptors (Lipinski definition) is 3. The fourth-order valence-corrected chi connectivity index (χ4v) is 2.59. The molecule has 1 unspecified atom stereocenters. The Balaban J connectivity index is 2.13. The molecule has 2 rings (SSSR count). The maximum Gasteiger partial charge on any atom is 0.148 e. The minimum atomic E-state index is 0.701. The molecule has 96 valence electrons. The predicted octanol–water partition coefficient (Wildman–Crippen LogP) is 2.71. The van der Waals surface area contributed by atoms with Crippen LogP contribution in [-0.2, 0) is 6.54 Å². The second-order valence-electron chi connectivity index (χ2n) is 5.38. The zero-order valence-corrected chi connectivity index (χ0v) is 11.4. The third-order valence-electron chi connectivity index (χ3n) is 3.36. The van der Waals surface area contributed by atoms with Gasteiger partial charge in [-0.3, -0.25) is 0 Å². The molecule has 2 heterocycles. The fourth-order valence-electron chi connectivity index (χ4n) is 2.59. The van der Waals surface area contributed by atoms with Gasteiger partial charge in [0.2, 0.25) is 0 Å². The Bertz CT molecular complexity index is 381. The molecular formula is C13H24N4. The Morgan fingerprint density at radius 1 is 1.35 bits per heavy atom. The van der Waals surface area contributed by atoms with Gasteiger partial charge >= 0.3 is 0 Å². The second kappa shape index (κ2) is 4.98. The number of aryl methyl sites for hydroxylation is 2. The summed E-state index contributed by atoms with van der Waals surface area (Å²) in [5.74, 6) is 2.62. The second-order valence-corrected chi connectivity index (χ2v) is 5.38. The molecule has 4 heteroatoms. The van der Waals surface area contributed by atoms with Crippen LogP contribution in [0.2, 0.25) is 0 Å². The molecule has 0 aliphatic carbocycles. The summed E-state index contributed by atoms with van der Waals surface area (Å²) in [4.78, 5) is 0. The summed E-state index contributed by atoms with van der Waals surface area (Å²) in [6.07, 6.45) is 1.27. The maximum atomic E-state index is 4.53. The molecule has 4 nitrogen and oxygen atoms in total. The largest absolute Gasteiger partial charge is 0.380 e. The van der Waals surface area contributed by atoms with Crippen LogP contribution in [0.4, 0.5) is 11.5 Å². The molecule has 1 aliphatic heterocycles. The molecule has 0 bridgehead atoms. The molecule has 0 saturated carbocycles. The van der Waals surface area contributed by atoms with Gasteiger partial charge in [-0.1, -0.05) is 13.8 Å². The zero-order chi connectivity index (χ0) is 12.4. The summed E-state index contributed by atoms with van der Waals surface area (Å²) < 4.78 is 2.05. The summed E-state index contributed by atoms with van der Waals surface area (Å²) in [5, 5.41) is 11.6. The van der Waals surface area contributed by atoms with Gasteiger partial charge in [0.05, 0.1) is 5.69 Å². The standard InChI is InChI=1S/C13H24N4/c1-5-17-13-12(10(4)16-17)14-7-11(8-15-13)6-9(2)3/h9,11,14-15H,5-8H2,1-4H3. The van der Waals surface area contributed by atoms with Crippen LogP contribution in [0.1, 0.15) is 32.9 Å². The van der Waals surface area contributed by atoms with Crippen molar-refractivity contribution in [1.29, 1.82) is 0 Å². The molecule has 0 fully saturated rings. The highest BCUT2D eigenvalue weighted by molar-refractivity contribution is 5.68. The van der Waals surface area contributed by atoms with Crippen LogP contribution in [0.15, 0.2) is 0 Å². The number of anilines is 2. The quantitative estimate of drug-likeness (QED) is 0.848. The van der Waals surface area contributed by atoms with Crippen molar-refractivity contribution in [1.82, 2.24) is 9.78 Å². The summed E-state index contributed by atoms with van der Waals surface area (Å²) in [6.45, 7) is 11.8. The van der Waals surface area contributed by atoms with E-state index < -0.39 is 0 Å². The van der Waals surface area contributed by atoms with Gasteiger partial charge in [-0.15, -0.1) is 0 Å². The molecule has 1 atom stereocenters. The van der Waals surface area contributed by atoms with Crippen LogP contribution in [0.3, 0.4) is 0 Å². The molecule has 1 aromatic heterocycles. The Labute approximate surface area is 104 Å². The van der Waals surface area contributed by atoms with Crippen LogP contribution < -0.4 is 10.6 Å². The highest BCUT2D eigenvalue weighted by Crippen LogP contribution is 2.29. The first-order valence-corrected chi connectivity index (χ1v) is 6.67. The van der Waals surface area contributed by atoms with Crippen molar-refractivity contribution in [2.75, 3.05) is 23.7 Å². The number of hydrogen-bond donors (Lipinski definition) is 2. The van der Waals surface area contributed by atoms with E-state index in [1.807, 2.05) is 0 Å². The smallest absolute Gasteiger partial charge is 0.148 e. The minimum absolute atomic E-state index is 0.701. The van der Waals surface area contributed by atoms with Crippen molar-refractivity contribution in [3.63, 3.8) is 0 Å². The van der Waals surface area contributed by atoms with Crippen LogP contribution in [-0.4, -0.2) is 22.9 Å². The molecule has 2 N–H and O–H groups in total. The molecule has 0 spiro atoms. The molecule has 1 aliphatic rings. The normalized spacial score (nSPS) is 19.5. The van der Waals surface area contributed by atoms with E-state index >= 15 is 0 Å². The average molecular weight is 236 g/mol. The lowest BCUT2D eigenvalue weighted by Gasteiger charge is -2.17. The van der Waals surface area contributed by atoms with E-state index in [1.165, 1.54) is 12.1 Å². The van der Waals surface area contributed by atoms with Gasteiger partial charge in [0.15, 0.2) is 0 Å². The van der Waals surface area contributed by atoms with Crippen molar-refractivity contribution in [2.45, 2.75) is 40.7 Å². The first-order valence-electron chi connectivity index (χ1n) is 6.67. The molecular weight excluding hydrogens is 212 g/mol. The van der Waals surface area contributed by atoms with Gasteiger partial charge in [-0.25, -0.2) is 4.68 Å². The predicted molar refractivity (Wildman–Crippen MR) is 72.6 cm³/mol. The summed E-state index contributed by atoms with van der Waals surface area (Å²) >= 11 is 0. The number of fused-ring (bicyclic) bond motifs is 1. The van der Waals surface area contributed by atoms with Gasteiger partial charge in [0.1, 0.15) is 11.5 Å². The molecule has 0 saturated heterocycles. The molecule has 17 heavy (non-hydrogen) atoms. The lowest BCUT2D eigenvalue weighted by Crippen LogP contribution is -2.21. The Morgan fingerprint density at radius 3 is 2.71 bits per heavy atom. The molecule has 0 amide bonds.